The van der Waals surface area contributed by atoms with E-state index in [9.17, 15) is 9.90 Å². The summed E-state index contributed by atoms with van der Waals surface area (Å²) in [5, 5.41) is 11.6. The van der Waals surface area contributed by atoms with Crippen molar-refractivity contribution in [3.63, 3.8) is 0 Å². The molecule has 2 aliphatic rings. The van der Waals surface area contributed by atoms with Gasteiger partial charge in [0.25, 0.3) is 0 Å². The van der Waals surface area contributed by atoms with Crippen LogP contribution < -0.4 is 16.9 Å². The Labute approximate surface area is 206 Å². The molecular weight excluding hydrogens is 458 g/mol. The van der Waals surface area contributed by atoms with Crippen LogP contribution in [0.5, 0.6) is 0 Å². The molecule has 1 saturated carbocycles. The molecule has 0 radical (unpaired) electrons. The van der Waals surface area contributed by atoms with Crippen LogP contribution in [0.4, 0.5) is 0 Å². The van der Waals surface area contributed by atoms with Crippen LogP contribution in [0, 0.1) is 17.3 Å². The second-order valence-corrected chi connectivity index (χ2v) is 11.0. The van der Waals surface area contributed by atoms with E-state index in [0.717, 1.165) is 31.4 Å². The third-order valence-electron chi connectivity index (χ3n) is 5.49. The molecule has 9 heteroatoms. The van der Waals surface area contributed by atoms with Crippen molar-refractivity contribution in [1.82, 2.24) is 15.3 Å². The van der Waals surface area contributed by atoms with Crippen LogP contribution in [0.3, 0.4) is 0 Å². The first kappa shape index (κ1) is 27.0. The van der Waals surface area contributed by atoms with E-state index in [4.69, 9.17) is 23.1 Å². The van der Waals surface area contributed by atoms with E-state index in [-0.39, 0.29) is 27.9 Å². The molecule has 1 aliphatic heterocycles. The summed E-state index contributed by atoms with van der Waals surface area (Å²) in [7, 11) is 3.84. The Hall–Kier alpha value is -2.21. The van der Waals surface area contributed by atoms with Crippen molar-refractivity contribution in [2.75, 3.05) is 14.1 Å². The smallest absolute Gasteiger partial charge is 0.344 e. The summed E-state index contributed by atoms with van der Waals surface area (Å²) in [5.41, 5.74) is 15.5. The summed E-state index contributed by atoms with van der Waals surface area (Å²) in [6.45, 7) is 6.14. The van der Waals surface area contributed by atoms with Gasteiger partial charge in [0.15, 0.2) is 0 Å². The van der Waals surface area contributed by atoms with Gasteiger partial charge in [0.2, 0.25) is 0 Å². The summed E-state index contributed by atoms with van der Waals surface area (Å²) in [5.74, 6) is 6.02. The molecule has 0 aromatic rings. The number of hydrogen-bond acceptors (Lipinski definition) is 7. The molecule has 1 heterocycles. The number of halogens is 1. The molecule has 0 amide bonds. The van der Waals surface area contributed by atoms with Crippen LogP contribution >= 0.6 is 23.4 Å². The number of carboxylic acids is 1. The Morgan fingerprint density at radius 3 is 2.42 bits per heavy atom. The van der Waals surface area contributed by atoms with Gasteiger partial charge in [-0.1, -0.05) is 41.3 Å². The molecule has 7 nitrogen and oxygen atoms in total. The number of nitrogens with zero attached hydrogens (tertiary/aromatic N) is 2. The maximum atomic E-state index is 12.0. The normalized spacial score (nSPS) is 24.2. The Balaban J connectivity index is 2.00. The molecule has 6 N–H and O–H groups in total. The topological polar surface area (TPSA) is 108 Å². The van der Waals surface area contributed by atoms with Crippen LogP contribution in [0.1, 0.15) is 46.5 Å². The molecule has 0 aromatic carbocycles. The zero-order valence-corrected chi connectivity index (χ0v) is 21.6. The van der Waals surface area contributed by atoms with Gasteiger partial charge >= 0.3 is 5.97 Å². The number of carboxylic acid groups (broad SMARTS) is 1. The van der Waals surface area contributed by atoms with Crippen molar-refractivity contribution < 1.29 is 9.90 Å². The maximum absolute atomic E-state index is 12.0. The average molecular weight is 494 g/mol. The van der Waals surface area contributed by atoms with Gasteiger partial charge in [-0.25, -0.2) is 10.2 Å². The van der Waals surface area contributed by atoms with E-state index in [1.807, 2.05) is 47.0 Å². The molecule has 1 unspecified atom stereocenters. The number of nitrogens with one attached hydrogen (secondary N) is 1. The van der Waals surface area contributed by atoms with E-state index < -0.39 is 5.97 Å². The number of nitrogens with two attached hydrogens (primary N) is 2. The molecule has 1 fully saturated rings. The molecule has 33 heavy (non-hydrogen) atoms. The zero-order valence-electron chi connectivity index (χ0n) is 20.1. The largest absolute Gasteiger partial charge is 0.477 e. The van der Waals surface area contributed by atoms with Gasteiger partial charge in [-0.15, -0.1) is 0 Å². The highest BCUT2D eigenvalue weighted by Crippen LogP contribution is 2.35. The molecule has 0 saturated heterocycles. The number of aliphatic carboxylic acids is 1. The lowest BCUT2D eigenvalue weighted by Gasteiger charge is -2.39. The van der Waals surface area contributed by atoms with Crippen LogP contribution in [-0.4, -0.2) is 52.4 Å². The first-order valence-corrected chi connectivity index (χ1v) is 12.3. The minimum atomic E-state index is -0.903. The highest BCUT2D eigenvalue weighted by Gasteiger charge is 2.30. The van der Waals surface area contributed by atoms with Crippen LogP contribution in [0.15, 0.2) is 45.9 Å². The van der Waals surface area contributed by atoms with Gasteiger partial charge in [0, 0.05) is 31.6 Å². The van der Waals surface area contributed by atoms with E-state index in [0.29, 0.717) is 10.7 Å². The Morgan fingerprint density at radius 2 is 1.88 bits per heavy atom. The Kier molecular flexibility index (Phi) is 9.65. The van der Waals surface area contributed by atoms with Crippen LogP contribution in [0.25, 0.3) is 0 Å². The third kappa shape index (κ3) is 8.58. The third-order valence-corrected chi connectivity index (χ3v) is 6.77. The lowest BCUT2D eigenvalue weighted by Crippen LogP contribution is -2.47. The molecule has 1 atom stereocenters. The molecule has 182 valence electrons. The van der Waals surface area contributed by atoms with Gasteiger partial charge in [-0.3, -0.25) is 5.01 Å². The Morgan fingerprint density at radius 1 is 1.24 bits per heavy atom. The minimum absolute atomic E-state index is 0.117. The van der Waals surface area contributed by atoms with Crippen molar-refractivity contribution in [3.8, 4) is 11.8 Å². The first-order valence-electron chi connectivity index (χ1n) is 11.0. The summed E-state index contributed by atoms with van der Waals surface area (Å²) in [6, 6.07) is 0.553. The number of allylic oxidation sites excluding steroid dienone is 3. The van der Waals surface area contributed by atoms with Crippen molar-refractivity contribution in [3.05, 3.63) is 45.9 Å². The number of thioether (sulfide) groups is 1. The lowest BCUT2D eigenvalue weighted by atomic mass is 9.90. The number of rotatable bonds is 7. The molecular formula is C24H36ClN5O2S. The molecule has 2 rings (SSSR count). The van der Waals surface area contributed by atoms with E-state index >= 15 is 0 Å². The monoisotopic (exact) mass is 493 g/mol. The predicted octanol–water partition coefficient (Wildman–Crippen LogP) is 3.52. The average Bonchev–Trinajstić information content (AvgIpc) is 2.75. The minimum Gasteiger partial charge on any atom is -0.477 e. The predicted molar refractivity (Wildman–Crippen MR) is 138 cm³/mol. The summed E-state index contributed by atoms with van der Waals surface area (Å²) in [4.78, 5) is 14.5. The van der Waals surface area contributed by atoms with Crippen molar-refractivity contribution >= 4 is 29.3 Å². The summed E-state index contributed by atoms with van der Waals surface area (Å²) >= 11 is 6.96. The number of hydrazine groups is 1. The lowest BCUT2D eigenvalue weighted by molar-refractivity contribution is -0.131. The standard InChI is InChI=1S/C24H36ClN5O2S/c1-24(2,3)15-14-18-10-11-19(22(33-18)23(31)32)29(4)17-8-6-16(7-9-17)28-30(5)21(27)13-12-20(25)26/h10-13,16-18,28H,6-9,26-27H2,1-5H3,(H,31,32)/b20-12-,21-13+. The van der Waals surface area contributed by atoms with E-state index in [1.54, 1.807) is 17.2 Å². The van der Waals surface area contributed by atoms with Gasteiger partial charge in [0.05, 0.1) is 16.1 Å². The highest BCUT2D eigenvalue weighted by molar-refractivity contribution is 8.05. The van der Waals surface area contributed by atoms with Crippen LogP contribution in [-0.2, 0) is 4.79 Å². The van der Waals surface area contributed by atoms with Crippen molar-refractivity contribution in [2.45, 2.75) is 63.8 Å². The number of hydrogen-bond donors (Lipinski definition) is 4. The summed E-state index contributed by atoms with van der Waals surface area (Å²) in [6.07, 6.45) is 10.9. The molecule has 0 spiro atoms. The molecule has 1 aliphatic carbocycles. The Bertz CT molecular complexity index is 898. The number of likely N-dealkylation sites (N-methyl/N-ethyl adjacent to an activating group) is 1. The fraction of sp³-hybridized carbons (Fsp3) is 0.542. The van der Waals surface area contributed by atoms with Gasteiger partial charge in [0.1, 0.15) is 10.7 Å². The van der Waals surface area contributed by atoms with Gasteiger partial charge in [-0.2, -0.15) is 0 Å². The molecule has 0 aromatic heterocycles. The van der Waals surface area contributed by atoms with Crippen LogP contribution in [0.2, 0.25) is 0 Å². The van der Waals surface area contributed by atoms with Gasteiger partial charge < -0.3 is 21.5 Å². The zero-order chi connectivity index (χ0) is 24.8. The summed E-state index contributed by atoms with van der Waals surface area (Å²) < 4.78 is 0. The van der Waals surface area contributed by atoms with Crippen molar-refractivity contribution in [1.29, 1.82) is 0 Å². The second kappa shape index (κ2) is 11.8. The van der Waals surface area contributed by atoms with Crippen molar-refractivity contribution in [2.24, 2.45) is 16.9 Å². The first-order chi connectivity index (χ1) is 15.4. The highest BCUT2D eigenvalue weighted by atomic mass is 35.5. The fourth-order valence-corrected chi connectivity index (χ4v) is 4.72. The second-order valence-electron chi connectivity index (χ2n) is 9.38. The number of carbonyl (C=O) groups is 1. The maximum Gasteiger partial charge on any atom is 0.344 e. The SMILES string of the molecule is CN(NC1CCC(N(C)C2=C(C(=O)O)SC(C#CC(C)(C)C)C=C2)CC1)/C(N)=C/C=C(\N)Cl. The van der Waals surface area contributed by atoms with E-state index in [2.05, 4.69) is 22.2 Å². The van der Waals surface area contributed by atoms with Gasteiger partial charge in [-0.05, 0) is 64.7 Å². The molecule has 0 bridgehead atoms. The fourth-order valence-electron chi connectivity index (χ4n) is 3.70. The quantitative estimate of drug-likeness (QED) is 0.185. The van der Waals surface area contributed by atoms with E-state index in [1.165, 1.54) is 11.8 Å².